The summed E-state index contributed by atoms with van der Waals surface area (Å²) in [5, 5.41) is 12.0. The van der Waals surface area contributed by atoms with Gasteiger partial charge in [-0.2, -0.15) is 0 Å². The molecule has 0 saturated heterocycles. The number of hydrogen-bond donors (Lipinski definition) is 2. The number of carbonyl (C=O) groups is 1. The van der Waals surface area contributed by atoms with Crippen molar-refractivity contribution in [2.24, 2.45) is 0 Å². The molecular formula is C19H17BrClN5O2S. The fraction of sp³-hybridized carbons (Fsp3) is 0.211. The Labute approximate surface area is 185 Å². The second-order valence-electron chi connectivity index (χ2n) is 6.40. The van der Waals surface area contributed by atoms with Gasteiger partial charge in [0.25, 0.3) is 0 Å². The van der Waals surface area contributed by atoms with Crippen LogP contribution < -0.4 is 15.5 Å². The molecule has 2 aromatic carbocycles. The number of anilines is 1. The van der Waals surface area contributed by atoms with Gasteiger partial charge in [0.05, 0.1) is 17.6 Å². The van der Waals surface area contributed by atoms with E-state index in [0.717, 1.165) is 21.6 Å². The maximum Gasteiger partial charge on any atom is 0.240 e. The van der Waals surface area contributed by atoms with Gasteiger partial charge in [0.15, 0.2) is 0 Å². The lowest BCUT2D eigenvalue weighted by Gasteiger charge is -2.33. The highest BCUT2D eigenvalue weighted by molar-refractivity contribution is 9.10. The predicted molar refractivity (Wildman–Crippen MR) is 117 cm³/mol. The Morgan fingerprint density at radius 2 is 2.03 bits per heavy atom. The minimum atomic E-state index is -0.470. The van der Waals surface area contributed by atoms with Gasteiger partial charge in [-0.25, -0.2) is 4.68 Å². The highest BCUT2D eigenvalue weighted by Gasteiger charge is 2.37. The van der Waals surface area contributed by atoms with Crippen LogP contribution in [0.25, 0.3) is 0 Å². The number of carbonyl (C=O) groups excluding carboxylic acids is 1. The zero-order valence-electron chi connectivity index (χ0n) is 15.5. The van der Waals surface area contributed by atoms with Crippen molar-refractivity contribution in [3.05, 3.63) is 63.3 Å². The molecule has 150 valence electrons. The maximum absolute atomic E-state index is 13.2. The van der Waals surface area contributed by atoms with Gasteiger partial charge in [0.1, 0.15) is 16.8 Å². The molecule has 0 aliphatic carbocycles. The van der Waals surface area contributed by atoms with E-state index in [4.69, 9.17) is 16.3 Å². The lowest BCUT2D eigenvalue weighted by atomic mass is 10.0. The van der Waals surface area contributed by atoms with Crippen LogP contribution in [0, 0.1) is 6.92 Å². The molecule has 1 aliphatic heterocycles. The highest BCUT2D eigenvalue weighted by Crippen LogP contribution is 2.39. The van der Waals surface area contributed by atoms with Gasteiger partial charge in [-0.3, -0.25) is 4.79 Å². The number of aryl methyl sites for hydroxylation is 1. The average molecular weight is 495 g/mol. The van der Waals surface area contributed by atoms with Crippen LogP contribution in [-0.2, 0) is 4.79 Å². The van der Waals surface area contributed by atoms with Crippen LogP contribution >= 0.6 is 39.3 Å². The molecular weight excluding hydrogens is 478 g/mol. The lowest BCUT2D eigenvalue weighted by Crippen LogP contribution is -2.41. The van der Waals surface area contributed by atoms with Crippen LogP contribution in [0.4, 0.5) is 5.69 Å². The second-order valence-corrected chi connectivity index (χ2v) is 8.80. The van der Waals surface area contributed by atoms with E-state index in [2.05, 4.69) is 36.9 Å². The van der Waals surface area contributed by atoms with Crippen molar-refractivity contribution in [1.82, 2.24) is 14.9 Å². The molecule has 0 fully saturated rings. The molecule has 10 heteroatoms. The monoisotopic (exact) mass is 493 g/mol. The zero-order valence-corrected chi connectivity index (χ0v) is 18.7. The summed E-state index contributed by atoms with van der Waals surface area (Å²) in [6.45, 7) is 1.86. The van der Waals surface area contributed by atoms with Crippen LogP contribution in [0.1, 0.15) is 17.4 Å². The minimum absolute atomic E-state index is 0.145. The number of thioether (sulfide) groups is 1. The molecule has 3 aromatic rings. The van der Waals surface area contributed by atoms with E-state index in [1.54, 1.807) is 36.1 Å². The smallest absolute Gasteiger partial charge is 0.240 e. The van der Waals surface area contributed by atoms with Crippen LogP contribution in [0.3, 0.4) is 0 Å². The molecule has 0 radical (unpaired) electrons. The van der Waals surface area contributed by atoms with E-state index in [1.165, 1.54) is 11.8 Å². The van der Waals surface area contributed by atoms with Crippen LogP contribution in [-0.4, -0.2) is 33.1 Å². The summed E-state index contributed by atoms with van der Waals surface area (Å²) in [6.07, 6.45) is 0. The fourth-order valence-corrected chi connectivity index (χ4v) is 4.84. The van der Waals surface area contributed by atoms with Gasteiger partial charge < -0.3 is 15.5 Å². The fourth-order valence-electron chi connectivity index (χ4n) is 3.03. The Bertz CT molecular complexity index is 1060. The number of benzene rings is 2. The summed E-state index contributed by atoms with van der Waals surface area (Å²) in [5.41, 5.74) is 4.99. The number of fused-ring (bicyclic) bond motifs is 1. The number of nitrogens with zero attached hydrogens (tertiary/aromatic N) is 3. The highest BCUT2D eigenvalue weighted by atomic mass is 79.9. The van der Waals surface area contributed by atoms with Crippen molar-refractivity contribution >= 4 is 50.9 Å². The molecule has 1 amide bonds. The Balaban J connectivity index is 1.67. The van der Waals surface area contributed by atoms with E-state index in [9.17, 15) is 4.79 Å². The van der Waals surface area contributed by atoms with E-state index in [-0.39, 0.29) is 11.9 Å². The topological polar surface area (TPSA) is 81.1 Å². The third-order valence-corrected chi connectivity index (χ3v) is 6.59. The summed E-state index contributed by atoms with van der Waals surface area (Å²) in [7, 11) is 1.61. The average Bonchev–Trinajstić information content (AvgIpc) is 3.08. The second kappa shape index (κ2) is 8.25. The number of methoxy groups -OCH3 is 1. The standard InChI is InChI=1S/C19H17BrClN5O2S/c1-10-23-24-19-26(10)25-16(11-3-8-15(28-2)14(20)9-11)17(29-19)18(27)22-13-6-4-12(21)5-7-13/h3-9,16-17,25H,1-2H3,(H,22,27)/t16-,17-/m1/s1. The number of aromatic nitrogens is 3. The van der Waals surface area contributed by atoms with Crippen molar-refractivity contribution in [1.29, 1.82) is 0 Å². The van der Waals surface area contributed by atoms with Crippen molar-refractivity contribution in [3.8, 4) is 5.75 Å². The van der Waals surface area contributed by atoms with Crippen molar-refractivity contribution < 1.29 is 9.53 Å². The first-order chi connectivity index (χ1) is 14.0. The third kappa shape index (κ3) is 4.08. The lowest BCUT2D eigenvalue weighted by molar-refractivity contribution is -0.116. The Hall–Kier alpha value is -2.23. The molecule has 4 rings (SSSR count). The first-order valence-electron chi connectivity index (χ1n) is 8.71. The van der Waals surface area contributed by atoms with Crippen LogP contribution in [0.2, 0.25) is 5.02 Å². The van der Waals surface area contributed by atoms with Crippen LogP contribution in [0.15, 0.2) is 52.1 Å². The van der Waals surface area contributed by atoms with Crippen LogP contribution in [0.5, 0.6) is 5.75 Å². The summed E-state index contributed by atoms with van der Waals surface area (Å²) in [6, 6.07) is 12.5. The maximum atomic E-state index is 13.2. The number of hydrogen-bond acceptors (Lipinski definition) is 6. The number of ether oxygens (including phenoxy) is 1. The largest absolute Gasteiger partial charge is 0.496 e. The van der Waals surface area contributed by atoms with Gasteiger partial charge in [-0.15, -0.1) is 10.2 Å². The first-order valence-corrected chi connectivity index (χ1v) is 10.8. The van der Waals surface area contributed by atoms with E-state index in [0.29, 0.717) is 15.9 Å². The van der Waals surface area contributed by atoms with Gasteiger partial charge in [0.2, 0.25) is 11.1 Å². The zero-order chi connectivity index (χ0) is 20.5. The molecule has 0 spiro atoms. The number of nitrogens with one attached hydrogen (secondary N) is 2. The van der Waals surface area contributed by atoms with E-state index >= 15 is 0 Å². The van der Waals surface area contributed by atoms with Crippen molar-refractivity contribution in [2.45, 2.75) is 23.4 Å². The summed E-state index contributed by atoms with van der Waals surface area (Å²) >= 11 is 10.8. The normalized spacial score (nSPS) is 17.9. The SMILES string of the molecule is COc1ccc([C@H]2Nn3c(C)nnc3S[C@H]2C(=O)Nc2ccc(Cl)cc2)cc1Br. The molecule has 29 heavy (non-hydrogen) atoms. The first kappa shape index (κ1) is 20.1. The van der Waals surface area contributed by atoms with Crippen molar-refractivity contribution in [2.75, 3.05) is 17.9 Å². The Morgan fingerprint density at radius 1 is 1.28 bits per heavy atom. The predicted octanol–water partition coefficient (Wildman–Crippen LogP) is 4.41. The summed E-state index contributed by atoms with van der Waals surface area (Å²) < 4.78 is 7.94. The van der Waals surface area contributed by atoms with Gasteiger partial charge in [0, 0.05) is 10.7 Å². The van der Waals surface area contributed by atoms with Crippen molar-refractivity contribution in [3.63, 3.8) is 0 Å². The van der Waals surface area contributed by atoms with E-state index < -0.39 is 5.25 Å². The minimum Gasteiger partial charge on any atom is -0.496 e. The third-order valence-electron chi connectivity index (χ3n) is 4.50. The molecule has 1 aromatic heterocycles. The van der Waals surface area contributed by atoms with E-state index in [1.807, 2.05) is 25.1 Å². The molecule has 2 atom stereocenters. The summed E-state index contributed by atoms with van der Waals surface area (Å²) in [4.78, 5) is 13.2. The molecule has 0 bridgehead atoms. The quantitative estimate of drug-likeness (QED) is 0.559. The Morgan fingerprint density at radius 3 is 2.72 bits per heavy atom. The molecule has 2 N–H and O–H groups in total. The molecule has 7 nitrogen and oxygen atoms in total. The van der Waals surface area contributed by atoms with Gasteiger partial charge >= 0.3 is 0 Å². The number of amides is 1. The number of halogens is 2. The molecule has 1 aliphatic rings. The Kier molecular flexibility index (Phi) is 5.71. The van der Waals surface area contributed by atoms with Gasteiger partial charge in [-0.05, 0) is 64.8 Å². The molecule has 0 unspecified atom stereocenters. The molecule has 2 heterocycles. The molecule has 0 saturated carbocycles. The van der Waals surface area contributed by atoms with Gasteiger partial charge in [-0.1, -0.05) is 29.4 Å². The summed E-state index contributed by atoms with van der Waals surface area (Å²) in [5.74, 6) is 1.30. The number of rotatable bonds is 4.